The Balaban J connectivity index is 1.40. The number of carbonyl (C=O) groups excluding carboxylic acids is 2. The lowest BCUT2D eigenvalue weighted by molar-refractivity contribution is -0.119. The van der Waals surface area contributed by atoms with Gasteiger partial charge in [0.15, 0.2) is 11.4 Å². The zero-order valence-corrected chi connectivity index (χ0v) is 21.2. The maximum absolute atomic E-state index is 13.1. The molecule has 4 rings (SSSR count). The summed E-state index contributed by atoms with van der Waals surface area (Å²) in [6.07, 6.45) is 1.46. The summed E-state index contributed by atoms with van der Waals surface area (Å²) in [4.78, 5) is 43.5. The van der Waals surface area contributed by atoms with Crippen LogP contribution in [0.3, 0.4) is 0 Å². The van der Waals surface area contributed by atoms with E-state index in [1.54, 1.807) is 49.3 Å². The molecule has 0 fully saturated rings. The van der Waals surface area contributed by atoms with Gasteiger partial charge < -0.3 is 31.2 Å². The first-order chi connectivity index (χ1) is 18.2. The number of nitrogens with one attached hydrogen (secondary N) is 3. The largest absolute Gasteiger partial charge is 0.419 e. The van der Waals surface area contributed by atoms with E-state index in [1.165, 1.54) is 10.6 Å². The van der Waals surface area contributed by atoms with Crippen LogP contribution in [-0.4, -0.2) is 46.5 Å². The number of nitrogens with zero attached hydrogens (tertiary/aromatic N) is 4. The first-order valence-corrected chi connectivity index (χ1v) is 11.7. The molecule has 0 saturated carbocycles. The van der Waals surface area contributed by atoms with E-state index in [0.29, 0.717) is 28.2 Å². The van der Waals surface area contributed by atoms with Gasteiger partial charge in [-0.1, -0.05) is 30.3 Å². The second-order valence-electron chi connectivity index (χ2n) is 8.76. The van der Waals surface area contributed by atoms with E-state index in [4.69, 9.17) is 16.1 Å². The van der Waals surface area contributed by atoms with Gasteiger partial charge >= 0.3 is 5.76 Å². The summed E-state index contributed by atoms with van der Waals surface area (Å²) >= 11 is 0. The van der Waals surface area contributed by atoms with Gasteiger partial charge in [0.2, 0.25) is 0 Å². The fraction of sp³-hybridized carbons (Fsp3) is 0.240. The number of amides is 2. The predicted octanol–water partition coefficient (Wildman–Crippen LogP) is -0.0635. The van der Waals surface area contributed by atoms with Crippen LogP contribution in [0.15, 0.2) is 73.5 Å². The maximum Gasteiger partial charge on any atom is 0.419 e. The number of aliphatic imine (C=N–C) groups is 1. The van der Waals surface area contributed by atoms with Crippen LogP contribution in [0.1, 0.15) is 29.7 Å². The van der Waals surface area contributed by atoms with Crippen molar-refractivity contribution < 1.29 is 14.0 Å². The van der Waals surface area contributed by atoms with E-state index in [9.17, 15) is 14.4 Å². The molecule has 13 heteroatoms. The number of amidine groups is 1. The van der Waals surface area contributed by atoms with Gasteiger partial charge in [0.1, 0.15) is 18.1 Å². The Morgan fingerprint density at radius 3 is 2.58 bits per heavy atom. The molecular formula is C25H29N9O4. The van der Waals surface area contributed by atoms with Crippen molar-refractivity contribution >= 4 is 34.5 Å². The summed E-state index contributed by atoms with van der Waals surface area (Å²) in [5.74, 6) is 9.82. The molecular weight excluding hydrogens is 490 g/mol. The van der Waals surface area contributed by atoms with E-state index in [1.807, 2.05) is 19.1 Å². The predicted molar refractivity (Wildman–Crippen MR) is 142 cm³/mol. The lowest BCUT2D eigenvalue weighted by atomic mass is 10.1. The number of aromatic nitrogens is 1. The fourth-order valence-electron chi connectivity index (χ4n) is 3.95. The molecule has 1 aromatic heterocycles. The zero-order valence-electron chi connectivity index (χ0n) is 21.2. The number of rotatable bonds is 7. The molecule has 1 aliphatic heterocycles. The molecule has 0 bridgehead atoms. The minimum absolute atomic E-state index is 0.143. The summed E-state index contributed by atoms with van der Waals surface area (Å²) in [5, 5.41) is 9.33. The molecule has 38 heavy (non-hydrogen) atoms. The Bertz CT molecular complexity index is 1520. The molecule has 1 aliphatic rings. The quantitative estimate of drug-likeness (QED) is 0.124. The number of oxazole rings is 1. The lowest BCUT2D eigenvalue weighted by Crippen LogP contribution is -2.39. The van der Waals surface area contributed by atoms with Gasteiger partial charge in [0, 0.05) is 26.2 Å². The monoisotopic (exact) mass is 519 g/mol. The number of likely N-dealkylation sites (N-methyl/N-ethyl adjacent to an activating group) is 1. The summed E-state index contributed by atoms with van der Waals surface area (Å²) in [7, 11) is 3.34. The molecule has 198 valence electrons. The number of hydrogen-bond acceptors (Lipinski definition) is 9. The van der Waals surface area contributed by atoms with E-state index in [-0.39, 0.29) is 30.9 Å². The normalized spacial score (nSPS) is 14.5. The van der Waals surface area contributed by atoms with Crippen molar-refractivity contribution in [2.24, 2.45) is 28.8 Å². The van der Waals surface area contributed by atoms with Crippen LogP contribution in [0.4, 0.5) is 0 Å². The highest BCUT2D eigenvalue weighted by Gasteiger charge is 2.23. The first-order valence-electron chi connectivity index (χ1n) is 11.7. The van der Waals surface area contributed by atoms with Crippen molar-refractivity contribution in [2.75, 3.05) is 13.7 Å². The molecule has 1 unspecified atom stereocenters. The van der Waals surface area contributed by atoms with E-state index < -0.39 is 11.7 Å². The van der Waals surface area contributed by atoms with Gasteiger partial charge in [0.05, 0.1) is 11.6 Å². The van der Waals surface area contributed by atoms with E-state index >= 15 is 0 Å². The highest BCUT2D eigenvalue weighted by atomic mass is 16.4. The van der Waals surface area contributed by atoms with Gasteiger partial charge in [-0.05, 0) is 36.3 Å². The van der Waals surface area contributed by atoms with Crippen LogP contribution in [-0.2, 0) is 23.2 Å². The number of fused-ring (bicyclic) bond motifs is 1. The van der Waals surface area contributed by atoms with Crippen LogP contribution in [0.2, 0.25) is 0 Å². The van der Waals surface area contributed by atoms with Gasteiger partial charge in [-0.3, -0.25) is 19.1 Å². The highest BCUT2D eigenvalue weighted by molar-refractivity contribution is 6.44. The van der Waals surface area contributed by atoms with Crippen LogP contribution in [0.5, 0.6) is 0 Å². The molecule has 0 aliphatic carbocycles. The van der Waals surface area contributed by atoms with Crippen LogP contribution < -0.4 is 33.5 Å². The molecule has 13 nitrogen and oxygen atoms in total. The lowest BCUT2D eigenvalue weighted by Gasteiger charge is -2.25. The van der Waals surface area contributed by atoms with Crippen molar-refractivity contribution in [2.45, 2.75) is 19.5 Å². The zero-order chi connectivity index (χ0) is 27.4. The second-order valence-corrected chi connectivity index (χ2v) is 8.76. The Labute approximate surface area is 217 Å². The topological polar surface area (TPSA) is 185 Å². The van der Waals surface area contributed by atoms with Crippen molar-refractivity contribution in [1.29, 1.82) is 0 Å². The Kier molecular flexibility index (Phi) is 7.58. The molecule has 2 amide bonds. The Morgan fingerprint density at radius 2 is 1.89 bits per heavy atom. The van der Waals surface area contributed by atoms with Gasteiger partial charge in [0.25, 0.3) is 11.8 Å². The molecule has 7 N–H and O–H groups in total. The third kappa shape index (κ3) is 5.42. The third-order valence-electron chi connectivity index (χ3n) is 6.21. The number of hydrazone groups is 1. The van der Waals surface area contributed by atoms with Gasteiger partial charge in [-0.2, -0.15) is 5.10 Å². The Morgan fingerprint density at radius 1 is 1.16 bits per heavy atom. The number of hydrogen-bond donors (Lipinski definition) is 5. The summed E-state index contributed by atoms with van der Waals surface area (Å²) in [6, 6.07) is 12.1. The van der Waals surface area contributed by atoms with E-state index in [0.717, 1.165) is 11.1 Å². The van der Waals surface area contributed by atoms with Crippen molar-refractivity contribution in [1.82, 2.24) is 25.5 Å². The molecule has 0 spiro atoms. The SMILES string of the molecule is CC(NC(=O)C1=CC(C(=O)NCc2ccc3oc(=O)n(C)c3c2)=NCN1C)c1ccc(/C(=N/N)NN)cc1. The van der Waals surface area contributed by atoms with Crippen LogP contribution >= 0.6 is 0 Å². The van der Waals surface area contributed by atoms with Gasteiger partial charge in [-0.25, -0.2) is 10.6 Å². The number of carbonyl (C=O) groups is 2. The van der Waals surface area contributed by atoms with Crippen LogP contribution in [0, 0.1) is 0 Å². The maximum atomic E-state index is 13.1. The van der Waals surface area contributed by atoms with E-state index in [2.05, 4.69) is 26.2 Å². The molecule has 3 aromatic rings. The van der Waals surface area contributed by atoms with Crippen molar-refractivity contribution in [3.05, 3.63) is 81.5 Å². The number of hydrazine groups is 1. The number of aryl methyl sites for hydroxylation is 1. The molecule has 0 radical (unpaired) electrons. The third-order valence-corrected chi connectivity index (χ3v) is 6.21. The minimum atomic E-state index is -0.455. The smallest absolute Gasteiger partial charge is 0.408 e. The summed E-state index contributed by atoms with van der Waals surface area (Å²) in [6.45, 7) is 2.22. The molecule has 0 saturated heterocycles. The summed E-state index contributed by atoms with van der Waals surface area (Å²) < 4.78 is 6.53. The number of nitrogens with two attached hydrogens (primary N) is 2. The standard InChI is InChI=1S/C25H29N9O4/c1-14(16-5-7-17(8-6-16)22(31-26)32-27)30-24(36)20-11-18(29-13-33(20)2)23(35)28-12-15-4-9-21-19(10-15)34(3)25(37)38-21/h4-11,14H,12-13,26-27H2,1-3H3,(H,28,35)(H,30,36)(H,31,32). The minimum Gasteiger partial charge on any atom is -0.408 e. The van der Waals surface area contributed by atoms with Crippen LogP contribution in [0.25, 0.3) is 11.1 Å². The second kappa shape index (κ2) is 11.0. The molecule has 2 heterocycles. The average Bonchev–Trinajstić information content (AvgIpc) is 3.21. The average molecular weight is 520 g/mol. The Hall–Kier alpha value is -4.91. The molecule has 1 atom stereocenters. The summed E-state index contributed by atoms with van der Waals surface area (Å²) in [5.41, 5.74) is 6.32. The number of benzene rings is 2. The van der Waals surface area contributed by atoms with Crippen molar-refractivity contribution in [3.63, 3.8) is 0 Å². The van der Waals surface area contributed by atoms with Crippen molar-refractivity contribution in [3.8, 4) is 0 Å². The molecule has 2 aromatic carbocycles. The fourth-order valence-corrected chi connectivity index (χ4v) is 3.95. The first kappa shape index (κ1) is 26.2. The highest BCUT2D eigenvalue weighted by Crippen LogP contribution is 2.17. The van der Waals surface area contributed by atoms with Gasteiger partial charge in [-0.15, -0.1) is 0 Å².